The van der Waals surface area contributed by atoms with E-state index in [1.807, 2.05) is 0 Å². The highest BCUT2D eigenvalue weighted by atomic mass is 28.4. The van der Waals surface area contributed by atoms with E-state index in [4.69, 9.17) is 4.43 Å². The van der Waals surface area contributed by atoms with Crippen molar-refractivity contribution < 1.29 is 4.43 Å². The minimum absolute atomic E-state index is 0.529. The molecule has 114 valence electrons. The van der Waals surface area contributed by atoms with Crippen molar-refractivity contribution in [2.45, 2.75) is 38.8 Å². The van der Waals surface area contributed by atoms with Gasteiger partial charge in [-0.2, -0.15) is 0 Å². The maximum Gasteiger partial charge on any atom is 0.288 e. The van der Waals surface area contributed by atoms with Crippen LogP contribution in [0.4, 0.5) is 0 Å². The Bertz CT molecular complexity index is 678. The Morgan fingerprint density at radius 1 is 0.773 bits per heavy atom. The lowest BCUT2D eigenvalue weighted by atomic mass is 10.1. The van der Waals surface area contributed by atoms with Gasteiger partial charge in [-0.25, -0.2) is 0 Å². The minimum Gasteiger partial charge on any atom is -0.538 e. The van der Waals surface area contributed by atoms with Crippen LogP contribution in [0.3, 0.4) is 0 Å². The average molecular weight is 308 g/mol. The van der Waals surface area contributed by atoms with Crippen LogP contribution in [0.5, 0.6) is 0 Å². The van der Waals surface area contributed by atoms with Gasteiger partial charge in [0.1, 0.15) is 5.76 Å². The van der Waals surface area contributed by atoms with E-state index >= 15 is 0 Å². The van der Waals surface area contributed by atoms with Crippen molar-refractivity contribution in [3.05, 3.63) is 65.7 Å². The normalized spacial score (nSPS) is 16.2. The van der Waals surface area contributed by atoms with Gasteiger partial charge >= 0.3 is 0 Å². The quantitative estimate of drug-likeness (QED) is 0.709. The van der Waals surface area contributed by atoms with Gasteiger partial charge in [0.15, 0.2) is 0 Å². The fraction of sp³-hybridized carbons (Fsp3) is 0.300. The van der Waals surface area contributed by atoms with Gasteiger partial charge in [0.25, 0.3) is 8.32 Å². The van der Waals surface area contributed by atoms with E-state index in [1.165, 1.54) is 16.3 Å². The van der Waals surface area contributed by atoms with Crippen LogP contribution in [0.2, 0.25) is 11.1 Å². The summed E-state index contributed by atoms with van der Waals surface area (Å²) < 4.78 is 6.81. The molecule has 0 atom stereocenters. The van der Waals surface area contributed by atoms with Crippen LogP contribution < -0.4 is 5.19 Å². The Morgan fingerprint density at radius 3 is 2.00 bits per heavy atom. The van der Waals surface area contributed by atoms with Gasteiger partial charge in [-0.15, -0.1) is 0 Å². The van der Waals surface area contributed by atoms with Crippen molar-refractivity contribution in [2.75, 3.05) is 0 Å². The van der Waals surface area contributed by atoms with E-state index < -0.39 is 8.32 Å². The molecule has 3 rings (SSSR count). The molecule has 1 aliphatic heterocycles. The first-order valence-corrected chi connectivity index (χ1v) is 10.2. The van der Waals surface area contributed by atoms with E-state index in [0.717, 1.165) is 5.76 Å². The molecule has 0 radical (unpaired) electrons. The largest absolute Gasteiger partial charge is 0.538 e. The van der Waals surface area contributed by atoms with Gasteiger partial charge in [-0.1, -0.05) is 82.3 Å². The van der Waals surface area contributed by atoms with Gasteiger partial charge in [-0.05, 0) is 27.9 Å². The maximum atomic E-state index is 6.81. The lowest BCUT2D eigenvalue weighted by Gasteiger charge is -2.43. The second-order valence-electron chi connectivity index (χ2n) is 6.67. The summed E-state index contributed by atoms with van der Waals surface area (Å²) in [4.78, 5) is 0. The lowest BCUT2D eigenvalue weighted by molar-refractivity contribution is 0.477. The molecule has 0 unspecified atom stereocenters. The predicted octanol–water partition coefficient (Wildman–Crippen LogP) is 5.19. The molecular formula is C20H24OSi. The number of hydrogen-bond donors (Lipinski definition) is 0. The van der Waals surface area contributed by atoms with Crippen molar-refractivity contribution >= 4 is 25.3 Å². The summed E-state index contributed by atoms with van der Waals surface area (Å²) >= 11 is 0. The second-order valence-corrected chi connectivity index (χ2v) is 11.3. The van der Waals surface area contributed by atoms with E-state index in [1.54, 1.807) is 0 Å². The van der Waals surface area contributed by atoms with E-state index in [0.29, 0.717) is 11.1 Å². The summed E-state index contributed by atoms with van der Waals surface area (Å²) in [5.41, 5.74) is 3.57. The van der Waals surface area contributed by atoms with Gasteiger partial charge in [0.2, 0.25) is 0 Å². The van der Waals surface area contributed by atoms with Crippen LogP contribution in [0.25, 0.3) is 11.8 Å². The molecular weight excluding hydrogens is 284 g/mol. The molecule has 0 saturated carbocycles. The zero-order chi connectivity index (χ0) is 15.7. The van der Waals surface area contributed by atoms with Gasteiger partial charge in [0.05, 0.1) is 0 Å². The van der Waals surface area contributed by atoms with E-state index in [-0.39, 0.29) is 0 Å². The molecule has 2 aromatic carbocycles. The third-order valence-electron chi connectivity index (χ3n) is 4.72. The second kappa shape index (κ2) is 5.77. The molecule has 0 aliphatic carbocycles. The van der Waals surface area contributed by atoms with E-state index in [2.05, 4.69) is 88.4 Å². The number of benzene rings is 2. The highest BCUT2D eigenvalue weighted by Crippen LogP contribution is 2.41. The van der Waals surface area contributed by atoms with Crippen LogP contribution in [-0.4, -0.2) is 8.32 Å². The van der Waals surface area contributed by atoms with Crippen LogP contribution in [0.1, 0.15) is 38.8 Å². The fourth-order valence-corrected chi connectivity index (χ4v) is 8.32. The number of hydrogen-bond acceptors (Lipinski definition) is 1. The molecule has 0 amide bonds. The van der Waals surface area contributed by atoms with Crippen LogP contribution in [0.15, 0.2) is 54.6 Å². The molecule has 0 saturated heterocycles. The molecule has 22 heavy (non-hydrogen) atoms. The summed E-state index contributed by atoms with van der Waals surface area (Å²) in [6.45, 7) is 9.27. The molecule has 0 bridgehead atoms. The fourth-order valence-electron chi connectivity index (χ4n) is 3.66. The zero-order valence-electron chi connectivity index (χ0n) is 13.8. The van der Waals surface area contributed by atoms with Crippen molar-refractivity contribution in [1.82, 2.24) is 0 Å². The lowest BCUT2D eigenvalue weighted by Crippen LogP contribution is -2.57. The van der Waals surface area contributed by atoms with Crippen LogP contribution in [-0.2, 0) is 4.43 Å². The summed E-state index contributed by atoms with van der Waals surface area (Å²) in [6, 6.07) is 19.3. The first-order chi connectivity index (χ1) is 10.6. The number of fused-ring (bicyclic) bond motifs is 1. The highest BCUT2D eigenvalue weighted by molar-refractivity contribution is 6.90. The third kappa shape index (κ3) is 2.32. The molecule has 1 aliphatic rings. The molecule has 1 nitrogen and oxygen atoms in total. The molecule has 0 spiro atoms. The summed E-state index contributed by atoms with van der Waals surface area (Å²) in [5, 5.41) is 1.44. The number of rotatable bonds is 3. The molecule has 2 aromatic rings. The molecule has 0 N–H and O–H groups in total. The molecule has 1 heterocycles. The summed E-state index contributed by atoms with van der Waals surface area (Å²) in [5.74, 6) is 1.04. The average Bonchev–Trinajstić information content (AvgIpc) is 2.54. The third-order valence-corrected chi connectivity index (χ3v) is 10.0. The minimum atomic E-state index is -2.07. The van der Waals surface area contributed by atoms with Crippen molar-refractivity contribution in [2.24, 2.45) is 0 Å². The topological polar surface area (TPSA) is 9.23 Å². The van der Waals surface area contributed by atoms with Crippen molar-refractivity contribution in [3.8, 4) is 0 Å². The Kier molecular flexibility index (Phi) is 3.96. The predicted molar refractivity (Wildman–Crippen MR) is 97.4 cm³/mol. The van der Waals surface area contributed by atoms with Gasteiger partial charge in [-0.3, -0.25) is 0 Å². The van der Waals surface area contributed by atoms with Crippen LogP contribution >= 0.6 is 0 Å². The Hall–Kier alpha value is -1.80. The zero-order valence-corrected chi connectivity index (χ0v) is 14.8. The Balaban J connectivity index is 2.21. The van der Waals surface area contributed by atoms with Gasteiger partial charge in [0, 0.05) is 5.56 Å². The maximum absolute atomic E-state index is 6.81. The summed E-state index contributed by atoms with van der Waals surface area (Å²) in [6.07, 6.45) is 2.21. The Morgan fingerprint density at radius 2 is 1.36 bits per heavy atom. The molecule has 2 heteroatoms. The SMILES string of the molecule is CC(C)[Si]1(C(C)C)OC(c2ccccc2)=Cc2ccccc21. The van der Waals surface area contributed by atoms with E-state index in [9.17, 15) is 0 Å². The van der Waals surface area contributed by atoms with Crippen molar-refractivity contribution in [1.29, 1.82) is 0 Å². The van der Waals surface area contributed by atoms with Crippen molar-refractivity contribution in [3.63, 3.8) is 0 Å². The van der Waals surface area contributed by atoms with Crippen LogP contribution in [0, 0.1) is 0 Å². The molecule has 0 aromatic heterocycles. The highest BCUT2D eigenvalue weighted by Gasteiger charge is 2.49. The monoisotopic (exact) mass is 308 g/mol. The first kappa shape index (κ1) is 15.1. The van der Waals surface area contributed by atoms with Gasteiger partial charge < -0.3 is 4.43 Å². The molecule has 0 fully saturated rings. The standard InChI is InChI=1S/C20H24OSi/c1-15(2)22(16(3)4)20-13-9-8-12-18(20)14-19(21-22)17-10-6-5-7-11-17/h5-16H,1-4H3. The Labute approximate surface area is 134 Å². The smallest absolute Gasteiger partial charge is 0.288 e. The summed E-state index contributed by atoms with van der Waals surface area (Å²) in [7, 11) is -2.07. The first-order valence-electron chi connectivity index (χ1n) is 8.11.